The average molecular weight is 541 g/mol. The van der Waals surface area contributed by atoms with E-state index in [1.807, 2.05) is 0 Å². The number of methoxy groups -OCH3 is 2. The lowest BCUT2D eigenvalue weighted by atomic mass is 10.0. The van der Waals surface area contributed by atoms with Crippen LogP contribution in [-0.2, 0) is 15.6 Å². The molecule has 0 unspecified atom stereocenters. The average Bonchev–Trinajstić information content (AvgIpc) is 3.52. The van der Waals surface area contributed by atoms with Crippen molar-refractivity contribution >= 4 is 9.84 Å². The second kappa shape index (κ2) is 10.6. The number of ether oxygens (including phenoxy) is 2. The van der Waals surface area contributed by atoms with Crippen molar-refractivity contribution in [2.45, 2.75) is 31.0 Å². The summed E-state index contributed by atoms with van der Waals surface area (Å²) < 4.78 is 59.1. The minimum Gasteiger partial charge on any atom is -0.494 e. The molecule has 1 N–H and O–H groups in total. The zero-order valence-electron chi connectivity index (χ0n) is 21.0. The van der Waals surface area contributed by atoms with Crippen molar-refractivity contribution in [2.24, 2.45) is 0 Å². The molecule has 0 saturated carbocycles. The van der Waals surface area contributed by atoms with Crippen molar-refractivity contribution < 1.29 is 31.8 Å². The van der Waals surface area contributed by atoms with Gasteiger partial charge in [-0.05, 0) is 55.8 Å². The zero-order chi connectivity index (χ0) is 27.6. The van der Waals surface area contributed by atoms with Crippen LogP contribution in [0.2, 0.25) is 0 Å². The maximum atomic E-state index is 13.8. The molecule has 0 aliphatic rings. The minimum absolute atomic E-state index is 0.0210. The van der Waals surface area contributed by atoms with Crippen LogP contribution in [0.4, 0.5) is 4.39 Å². The van der Waals surface area contributed by atoms with Gasteiger partial charge in [0.05, 0.1) is 31.1 Å². The van der Waals surface area contributed by atoms with E-state index in [1.165, 1.54) is 31.8 Å². The van der Waals surface area contributed by atoms with Crippen molar-refractivity contribution in [1.82, 2.24) is 14.8 Å². The second-order valence-electron chi connectivity index (χ2n) is 8.50. The van der Waals surface area contributed by atoms with E-state index in [4.69, 9.17) is 19.2 Å². The SMILES string of the molecule is COc1cccc(OC)c1-n1c(CS(=O)(=O)[C@@H](C)[C@@H](O)c2ccc(F)c(C#N)c2)nnc1-c1ccc(C)o1. The quantitative estimate of drug-likeness (QED) is 0.335. The topological polar surface area (TPSA) is 140 Å². The highest BCUT2D eigenvalue weighted by Gasteiger charge is 2.33. The first kappa shape index (κ1) is 26.8. The molecule has 0 radical (unpaired) electrons. The number of furan rings is 1. The molecule has 0 fully saturated rings. The minimum atomic E-state index is -4.09. The number of hydrogen-bond acceptors (Lipinski definition) is 9. The molecule has 2 atom stereocenters. The van der Waals surface area contributed by atoms with Crippen LogP contribution in [0.25, 0.3) is 17.3 Å². The van der Waals surface area contributed by atoms with Gasteiger partial charge in [-0.1, -0.05) is 12.1 Å². The summed E-state index contributed by atoms with van der Waals surface area (Å²) in [4.78, 5) is 0. The molecule has 38 heavy (non-hydrogen) atoms. The molecule has 12 heteroatoms. The predicted octanol–water partition coefficient (Wildman–Crippen LogP) is 3.90. The predicted molar refractivity (Wildman–Crippen MR) is 135 cm³/mol. The van der Waals surface area contributed by atoms with E-state index in [1.54, 1.807) is 43.3 Å². The molecule has 0 spiro atoms. The van der Waals surface area contributed by atoms with E-state index in [0.717, 1.165) is 12.1 Å². The Kier molecular flexibility index (Phi) is 7.52. The highest BCUT2D eigenvalue weighted by Crippen LogP contribution is 2.37. The number of benzene rings is 2. The second-order valence-corrected chi connectivity index (χ2v) is 10.9. The van der Waals surface area contributed by atoms with E-state index in [0.29, 0.717) is 28.7 Å². The number of aryl methyl sites for hydroxylation is 1. The van der Waals surface area contributed by atoms with Gasteiger partial charge in [-0.2, -0.15) is 5.26 Å². The number of sulfone groups is 1. The molecule has 0 amide bonds. The van der Waals surface area contributed by atoms with E-state index in [-0.39, 0.29) is 22.8 Å². The van der Waals surface area contributed by atoms with Gasteiger partial charge in [0.25, 0.3) is 0 Å². The molecule has 10 nitrogen and oxygen atoms in total. The summed E-state index contributed by atoms with van der Waals surface area (Å²) in [6, 6.07) is 13.6. The number of rotatable bonds is 9. The fraction of sp³-hybridized carbons (Fsp3) is 0.269. The van der Waals surface area contributed by atoms with Gasteiger partial charge in [0.1, 0.15) is 40.6 Å². The van der Waals surface area contributed by atoms with Crippen molar-refractivity contribution in [2.75, 3.05) is 14.2 Å². The number of aliphatic hydroxyl groups excluding tert-OH is 1. The highest BCUT2D eigenvalue weighted by molar-refractivity contribution is 7.91. The number of hydrogen-bond donors (Lipinski definition) is 1. The van der Waals surface area contributed by atoms with Crippen LogP contribution >= 0.6 is 0 Å². The first-order chi connectivity index (χ1) is 18.1. The lowest BCUT2D eigenvalue weighted by molar-refractivity contribution is 0.175. The molecule has 0 bridgehead atoms. The van der Waals surface area contributed by atoms with Crippen molar-refractivity contribution in [1.29, 1.82) is 5.26 Å². The summed E-state index contributed by atoms with van der Waals surface area (Å²) in [7, 11) is -1.16. The summed E-state index contributed by atoms with van der Waals surface area (Å²) >= 11 is 0. The van der Waals surface area contributed by atoms with Gasteiger partial charge in [0.2, 0.25) is 5.82 Å². The van der Waals surface area contributed by atoms with Gasteiger partial charge in [-0.25, -0.2) is 12.8 Å². The normalized spacial score (nSPS) is 13.1. The van der Waals surface area contributed by atoms with Crippen molar-refractivity contribution in [3.05, 3.63) is 77.1 Å². The standard InChI is InChI=1S/C26H25FN4O6S/c1-15-8-11-22(37-15)26-30-29-23(31(26)24-20(35-3)6-5-7-21(24)36-4)14-38(33,34)16(2)25(32)17-9-10-19(27)18(12-17)13-28/h5-12,16,25,32H,14H2,1-4H3/t16-,25+/m0/s1. The fourth-order valence-corrected chi connectivity index (χ4v) is 5.36. The first-order valence-corrected chi connectivity index (χ1v) is 13.1. The fourth-order valence-electron chi connectivity index (χ4n) is 4.00. The van der Waals surface area contributed by atoms with E-state index in [9.17, 15) is 17.9 Å². The third-order valence-electron chi connectivity index (χ3n) is 6.11. The summed E-state index contributed by atoms with van der Waals surface area (Å²) in [6.07, 6.45) is -1.53. The summed E-state index contributed by atoms with van der Waals surface area (Å²) in [5.74, 6) is 0.554. The summed E-state index contributed by atoms with van der Waals surface area (Å²) in [5.41, 5.74) is 0.160. The summed E-state index contributed by atoms with van der Waals surface area (Å²) in [5, 5.41) is 27.0. The van der Waals surface area contributed by atoms with Crippen LogP contribution in [-0.4, -0.2) is 47.8 Å². The number of halogens is 1. The number of para-hydroxylation sites is 1. The van der Waals surface area contributed by atoms with E-state index in [2.05, 4.69) is 10.2 Å². The Hall–Kier alpha value is -4.21. The van der Waals surface area contributed by atoms with Gasteiger partial charge < -0.3 is 19.0 Å². The van der Waals surface area contributed by atoms with Crippen LogP contribution in [0.15, 0.2) is 52.9 Å². The van der Waals surface area contributed by atoms with Crippen LogP contribution in [0.1, 0.15) is 35.7 Å². The van der Waals surface area contributed by atoms with Gasteiger partial charge in [0, 0.05) is 0 Å². The van der Waals surface area contributed by atoms with Gasteiger partial charge >= 0.3 is 0 Å². The third kappa shape index (κ3) is 4.98. The molecule has 2 heterocycles. The van der Waals surface area contributed by atoms with Crippen molar-refractivity contribution in [3.8, 4) is 34.8 Å². The smallest absolute Gasteiger partial charge is 0.204 e. The molecule has 0 aliphatic heterocycles. The Balaban J connectivity index is 1.81. The monoisotopic (exact) mass is 540 g/mol. The lowest BCUT2D eigenvalue weighted by Gasteiger charge is -2.21. The Bertz CT molecular complexity index is 1600. The molecular weight excluding hydrogens is 515 g/mol. The number of nitrogens with zero attached hydrogens (tertiary/aromatic N) is 4. The van der Waals surface area contributed by atoms with Crippen LogP contribution < -0.4 is 9.47 Å². The first-order valence-electron chi connectivity index (χ1n) is 11.4. The van der Waals surface area contributed by atoms with Crippen LogP contribution in [0.5, 0.6) is 11.5 Å². The van der Waals surface area contributed by atoms with Crippen LogP contribution in [0.3, 0.4) is 0 Å². The molecule has 4 aromatic rings. The molecule has 2 aromatic heterocycles. The highest BCUT2D eigenvalue weighted by atomic mass is 32.2. The lowest BCUT2D eigenvalue weighted by Crippen LogP contribution is -2.28. The number of aromatic nitrogens is 3. The van der Waals surface area contributed by atoms with E-state index < -0.39 is 32.8 Å². The molecule has 198 valence electrons. The van der Waals surface area contributed by atoms with E-state index >= 15 is 0 Å². The third-order valence-corrected chi connectivity index (χ3v) is 8.16. The molecule has 2 aromatic carbocycles. The Morgan fingerprint density at radius 1 is 1.13 bits per heavy atom. The van der Waals surface area contributed by atoms with Crippen molar-refractivity contribution in [3.63, 3.8) is 0 Å². The Labute approximate surface area is 218 Å². The maximum Gasteiger partial charge on any atom is 0.204 e. The molecule has 0 saturated heterocycles. The molecule has 0 aliphatic carbocycles. The molecule has 4 rings (SSSR count). The van der Waals surface area contributed by atoms with Gasteiger partial charge in [0.15, 0.2) is 21.4 Å². The van der Waals surface area contributed by atoms with Crippen LogP contribution in [0, 0.1) is 24.1 Å². The number of nitriles is 1. The largest absolute Gasteiger partial charge is 0.494 e. The molecular formula is C26H25FN4O6S. The maximum absolute atomic E-state index is 13.8. The summed E-state index contributed by atoms with van der Waals surface area (Å²) in [6.45, 7) is 3.09. The zero-order valence-corrected chi connectivity index (χ0v) is 21.9. The Morgan fingerprint density at radius 2 is 1.82 bits per heavy atom. The van der Waals surface area contributed by atoms with Gasteiger partial charge in [-0.3, -0.25) is 4.57 Å². The van der Waals surface area contributed by atoms with Gasteiger partial charge in [-0.15, -0.1) is 10.2 Å². The Morgan fingerprint density at radius 3 is 2.39 bits per heavy atom. The number of aliphatic hydroxyl groups is 1.